The quantitative estimate of drug-likeness (QED) is 0.915. The molecular formula is C11H12BrN7. The third-order valence-corrected chi connectivity index (χ3v) is 3.24. The van der Waals surface area contributed by atoms with Gasteiger partial charge in [-0.25, -0.2) is 0 Å². The molecule has 0 saturated carbocycles. The van der Waals surface area contributed by atoms with Crippen LogP contribution < -0.4 is 5.73 Å². The summed E-state index contributed by atoms with van der Waals surface area (Å²) in [6, 6.07) is 2.17. The Labute approximate surface area is 118 Å². The predicted molar refractivity (Wildman–Crippen MR) is 72.5 cm³/mol. The number of hydrogen-bond donors (Lipinski definition) is 1. The second kappa shape index (κ2) is 5.32. The maximum absolute atomic E-state index is 9.38. The normalized spacial score (nSPS) is 10.4. The summed E-state index contributed by atoms with van der Waals surface area (Å²) in [7, 11) is 0. The van der Waals surface area contributed by atoms with Gasteiger partial charge in [-0.05, 0) is 34.3 Å². The minimum Gasteiger partial charge on any atom is -0.366 e. The van der Waals surface area contributed by atoms with Crippen molar-refractivity contribution in [3.8, 4) is 11.9 Å². The Bertz CT molecular complexity index is 656. The molecule has 0 atom stereocenters. The first-order valence-electron chi connectivity index (χ1n) is 5.79. The first-order valence-corrected chi connectivity index (χ1v) is 6.58. The van der Waals surface area contributed by atoms with E-state index in [0.717, 1.165) is 17.7 Å². The molecule has 0 fully saturated rings. The molecule has 2 aromatic heterocycles. The van der Waals surface area contributed by atoms with Gasteiger partial charge in [0.2, 0.25) is 10.7 Å². The third-order valence-electron chi connectivity index (χ3n) is 2.72. The van der Waals surface area contributed by atoms with Crippen LogP contribution in [0.25, 0.3) is 5.82 Å². The Hall–Kier alpha value is -2.01. The lowest BCUT2D eigenvalue weighted by Crippen LogP contribution is -2.11. The number of nitrogen functional groups attached to an aromatic ring is 1. The van der Waals surface area contributed by atoms with Crippen molar-refractivity contribution in [1.82, 2.24) is 25.0 Å². The Morgan fingerprint density at radius 2 is 2.05 bits per heavy atom. The Morgan fingerprint density at radius 3 is 2.53 bits per heavy atom. The number of nitrogens with two attached hydrogens (primary N) is 1. The van der Waals surface area contributed by atoms with Gasteiger partial charge in [-0.15, -0.1) is 10.2 Å². The lowest BCUT2D eigenvalue weighted by Gasteiger charge is -2.10. The van der Waals surface area contributed by atoms with Crippen molar-refractivity contribution in [2.24, 2.45) is 0 Å². The van der Waals surface area contributed by atoms with Gasteiger partial charge in [-0.2, -0.15) is 20.0 Å². The summed E-state index contributed by atoms with van der Waals surface area (Å²) < 4.78 is 1.77. The number of aryl methyl sites for hydroxylation is 1. The van der Waals surface area contributed by atoms with Crippen molar-refractivity contribution in [2.75, 3.05) is 5.73 Å². The van der Waals surface area contributed by atoms with Crippen LogP contribution in [0.4, 0.5) is 5.95 Å². The Kier molecular flexibility index (Phi) is 3.76. The van der Waals surface area contributed by atoms with E-state index in [-0.39, 0.29) is 5.95 Å². The van der Waals surface area contributed by atoms with Crippen LogP contribution >= 0.6 is 15.9 Å². The number of nitrogens with zero attached hydrogens (tertiary/aromatic N) is 6. The molecule has 0 aliphatic rings. The molecule has 0 amide bonds. The highest BCUT2D eigenvalue weighted by atomic mass is 79.9. The summed E-state index contributed by atoms with van der Waals surface area (Å²) in [5.74, 6) is 0.447. The van der Waals surface area contributed by atoms with Gasteiger partial charge in [-0.1, -0.05) is 13.8 Å². The zero-order valence-corrected chi connectivity index (χ0v) is 12.1. The minimum absolute atomic E-state index is 0.107. The van der Waals surface area contributed by atoms with Crippen molar-refractivity contribution >= 4 is 21.9 Å². The van der Waals surface area contributed by atoms with Gasteiger partial charge in [0.15, 0.2) is 5.82 Å². The molecule has 0 unspecified atom stereocenters. The lowest BCUT2D eigenvalue weighted by molar-refractivity contribution is 0.767. The summed E-state index contributed by atoms with van der Waals surface area (Å²) in [4.78, 5) is 3.93. The molecule has 8 heteroatoms. The molecule has 0 saturated heterocycles. The van der Waals surface area contributed by atoms with Gasteiger partial charge >= 0.3 is 0 Å². The molecule has 19 heavy (non-hydrogen) atoms. The first kappa shape index (κ1) is 13.4. The predicted octanol–water partition coefficient (Wildman–Crippen LogP) is 1.40. The molecule has 2 heterocycles. The highest BCUT2D eigenvalue weighted by molar-refractivity contribution is 9.10. The van der Waals surface area contributed by atoms with E-state index in [1.165, 1.54) is 4.68 Å². The number of rotatable bonds is 3. The fourth-order valence-corrected chi connectivity index (χ4v) is 2.30. The monoisotopic (exact) mass is 321 g/mol. The molecule has 0 aliphatic heterocycles. The summed E-state index contributed by atoms with van der Waals surface area (Å²) in [5.41, 5.74) is 7.70. The fraction of sp³-hybridized carbons (Fsp3) is 0.364. The van der Waals surface area contributed by atoms with E-state index in [4.69, 9.17) is 5.73 Å². The zero-order valence-electron chi connectivity index (χ0n) is 10.6. The second-order valence-corrected chi connectivity index (χ2v) is 4.50. The maximum atomic E-state index is 9.38. The van der Waals surface area contributed by atoms with Gasteiger partial charge in [0.25, 0.3) is 0 Å². The van der Waals surface area contributed by atoms with E-state index in [9.17, 15) is 5.26 Å². The Balaban J connectivity index is 2.72. The van der Waals surface area contributed by atoms with Gasteiger partial charge in [0, 0.05) is 0 Å². The molecular weight excluding hydrogens is 310 g/mol. The van der Waals surface area contributed by atoms with Crippen molar-refractivity contribution in [2.45, 2.75) is 26.7 Å². The molecule has 0 radical (unpaired) electrons. The average Bonchev–Trinajstić information content (AvgIpc) is 2.75. The molecule has 7 nitrogen and oxygen atoms in total. The first-order chi connectivity index (χ1) is 9.12. The van der Waals surface area contributed by atoms with Crippen LogP contribution in [0, 0.1) is 11.3 Å². The number of anilines is 1. The number of aromatic nitrogens is 5. The standard InChI is InChI=1S/C11H12BrN7/c1-3-6-7(5-13)9(17-16-8(6)4-2)19-10(12)15-11(14)18-19/h3-4H2,1-2H3,(H2,14,18). The van der Waals surface area contributed by atoms with E-state index in [1.807, 2.05) is 13.8 Å². The van der Waals surface area contributed by atoms with Gasteiger partial charge in [-0.3, -0.25) is 0 Å². The summed E-state index contributed by atoms with van der Waals surface area (Å²) >= 11 is 3.23. The van der Waals surface area contributed by atoms with E-state index < -0.39 is 0 Å². The van der Waals surface area contributed by atoms with Crippen LogP contribution in [0.1, 0.15) is 30.7 Å². The average molecular weight is 322 g/mol. The van der Waals surface area contributed by atoms with Gasteiger partial charge < -0.3 is 5.73 Å². The largest absolute Gasteiger partial charge is 0.366 e. The minimum atomic E-state index is 0.107. The summed E-state index contributed by atoms with van der Waals surface area (Å²) in [5, 5.41) is 21.6. The van der Waals surface area contributed by atoms with Crippen LogP contribution in [0.15, 0.2) is 4.73 Å². The molecule has 0 aliphatic carbocycles. The number of halogens is 1. The highest BCUT2D eigenvalue weighted by Crippen LogP contribution is 2.21. The van der Waals surface area contributed by atoms with Crippen LogP contribution in [-0.2, 0) is 12.8 Å². The van der Waals surface area contributed by atoms with E-state index >= 15 is 0 Å². The maximum Gasteiger partial charge on any atom is 0.241 e. The van der Waals surface area contributed by atoms with E-state index in [2.05, 4.69) is 42.3 Å². The van der Waals surface area contributed by atoms with Crippen molar-refractivity contribution in [3.63, 3.8) is 0 Å². The van der Waals surface area contributed by atoms with Crippen molar-refractivity contribution in [1.29, 1.82) is 5.26 Å². The van der Waals surface area contributed by atoms with E-state index in [0.29, 0.717) is 22.5 Å². The molecule has 2 N–H and O–H groups in total. The van der Waals surface area contributed by atoms with E-state index in [1.54, 1.807) is 0 Å². The SMILES string of the molecule is CCc1nnc(-n2nc(N)nc2Br)c(C#N)c1CC. The lowest BCUT2D eigenvalue weighted by atomic mass is 10.0. The zero-order chi connectivity index (χ0) is 14.0. The van der Waals surface area contributed by atoms with Crippen LogP contribution in [-0.4, -0.2) is 25.0 Å². The highest BCUT2D eigenvalue weighted by Gasteiger charge is 2.18. The summed E-state index contributed by atoms with van der Waals surface area (Å²) in [6.07, 6.45) is 1.43. The van der Waals surface area contributed by atoms with Crippen LogP contribution in [0.3, 0.4) is 0 Å². The Morgan fingerprint density at radius 1 is 1.32 bits per heavy atom. The molecule has 2 rings (SSSR count). The molecule has 0 aromatic carbocycles. The topological polar surface area (TPSA) is 106 Å². The smallest absolute Gasteiger partial charge is 0.241 e. The van der Waals surface area contributed by atoms with Crippen LogP contribution in [0.5, 0.6) is 0 Å². The van der Waals surface area contributed by atoms with Crippen molar-refractivity contribution < 1.29 is 0 Å². The molecule has 0 bridgehead atoms. The molecule has 98 valence electrons. The third kappa shape index (κ3) is 2.29. The number of nitriles is 1. The molecule has 2 aromatic rings. The van der Waals surface area contributed by atoms with Gasteiger partial charge in [0.05, 0.1) is 5.69 Å². The number of hydrogen-bond acceptors (Lipinski definition) is 6. The fourth-order valence-electron chi connectivity index (χ4n) is 1.87. The van der Waals surface area contributed by atoms with Crippen molar-refractivity contribution in [3.05, 3.63) is 21.6 Å². The van der Waals surface area contributed by atoms with Gasteiger partial charge in [0.1, 0.15) is 11.6 Å². The summed E-state index contributed by atoms with van der Waals surface area (Å²) in [6.45, 7) is 3.96. The molecule has 0 spiro atoms. The van der Waals surface area contributed by atoms with Crippen LogP contribution in [0.2, 0.25) is 0 Å². The second-order valence-electron chi connectivity index (χ2n) is 3.79.